The van der Waals surface area contributed by atoms with Gasteiger partial charge in [-0.15, -0.1) is 11.6 Å². The first kappa shape index (κ1) is 9.29. The van der Waals surface area contributed by atoms with Gasteiger partial charge in [-0.2, -0.15) is 8.42 Å². The first-order valence-electron chi connectivity index (χ1n) is 3.62. The first-order chi connectivity index (χ1) is 5.02. The van der Waals surface area contributed by atoms with Gasteiger partial charge in [-0.1, -0.05) is 12.8 Å². The van der Waals surface area contributed by atoms with Crippen LogP contribution in [0.4, 0.5) is 0 Å². The lowest BCUT2D eigenvalue weighted by atomic mass is 10.00. The molecule has 0 aliphatic heterocycles. The van der Waals surface area contributed by atoms with Crippen molar-refractivity contribution in [1.82, 2.24) is 0 Å². The fourth-order valence-electron chi connectivity index (χ4n) is 1.39. The van der Waals surface area contributed by atoms with Gasteiger partial charge in [0.15, 0.2) is 0 Å². The number of rotatable bonds is 1. The van der Waals surface area contributed by atoms with E-state index in [0.717, 1.165) is 12.8 Å². The van der Waals surface area contributed by atoms with E-state index >= 15 is 0 Å². The highest BCUT2D eigenvalue weighted by Crippen LogP contribution is 2.27. The van der Waals surface area contributed by atoms with Crippen LogP contribution < -0.4 is 0 Å². The minimum atomic E-state index is -3.91. The third-order valence-electron chi connectivity index (χ3n) is 2.00. The SMILES string of the molecule is O=S(=O)(O)[C@@H]1CCCC[C@H]1Cl. The van der Waals surface area contributed by atoms with Crippen LogP contribution in [0, 0.1) is 0 Å². The summed E-state index contributed by atoms with van der Waals surface area (Å²) in [7, 11) is -3.91. The first-order valence-corrected chi connectivity index (χ1v) is 5.56. The van der Waals surface area contributed by atoms with Gasteiger partial charge in [-0.3, -0.25) is 4.55 Å². The monoisotopic (exact) mass is 198 g/mol. The summed E-state index contributed by atoms with van der Waals surface area (Å²) in [6, 6.07) is 0. The van der Waals surface area contributed by atoms with E-state index in [1.807, 2.05) is 0 Å². The average molecular weight is 199 g/mol. The molecule has 0 aromatic heterocycles. The van der Waals surface area contributed by atoms with E-state index in [2.05, 4.69) is 0 Å². The molecule has 3 nitrogen and oxygen atoms in total. The van der Waals surface area contributed by atoms with Crippen molar-refractivity contribution < 1.29 is 13.0 Å². The molecule has 11 heavy (non-hydrogen) atoms. The topological polar surface area (TPSA) is 54.4 Å². The van der Waals surface area contributed by atoms with Crippen molar-refractivity contribution in [3.05, 3.63) is 0 Å². The Hall–Kier alpha value is 0.200. The van der Waals surface area contributed by atoms with E-state index in [0.29, 0.717) is 12.8 Å². The fourth-order valence-corrected chi connectivity index (χ4v) is 3.03. The van der Waals surface area contributed by atoms with Gasteiger partial charge in [0, 0.05) is 0 Å². The maximum atomic E-state index is 10.7. The molecule has 0 amide bonds. The molecule has 1 N–H and O–H groups in total. The van der Waals surface area contributed by atoms with Gasteiger partial charge in [-0.05, 0) is 12.8 Å². The molecule has 0 unspecified atom stereocenters. The summed E-state index contributed by atoms with van der Waals surface area (Å²) in [4.78, 5) is 0. The van der Waals surface area contributed by atoms with Gasteiger partial charge in [0.05, 0.1) is 5.38 Å². The Bertz CT molecular complexity index is 224. The summed E-state index contributed by atoms with van der Waals surface area (Å²) in [5, 5.41) is -1.14. The molecule has 1 saturated carbocycles. The molecule has 0 heterocycles. The normalized spacial score (nSPS) is 33.6. The quantitative estimate of drug-likeness (QED) is 0.512. The maximum Gasteiger partial charge on any atom is 0.269 e. The molecular weight excluding hydrogens is 188 g/mol. The van der Waals surface area contributed by atoms with E-state index in [1.54, 1.807) is 0 Å². The lowest BCUT2D eigenvalue weighted by Gasteiger charge is -2.23. The molecule has 0 radical (unpaired) electrons. The molecule has 1 aliphatic rings. The predicted octanol–water partition coefficient (Wildman–Crippen LogP) is 1.42. The maximum absolute atomic E-state index is 10.7. The lowest BCUT2D eigenvalue weighted by Crippen LogP contribution is -2.32. The summed E-state index contributed by atoms with van der Waals surface area (Å²) >= 11 is 5.73. The zero-order chi connectivity index (χ0) is 8.48. The minimum Gasteiger partial charge on any atom is -0.285 e. The molecule has 5 heteroatoms. The third kappa shape index (κ3) is 2.32. The summed E-state index contributed by atoms with van der Waals surface area (Å²) in [5.74, 6) is 0. The zero-order valence-electron chi connectivity index (χ0n) is 6.03. The highest BCUT2D eigenvalue weighted by molar-refractivity contribution is 7.86. The highest BCUT2D eigenvalue weighted by atomic mass is 35.5. The molecule has 0 saturated heterocycles. The molecule has 66 valence electrons. The van der Waals surface area contributed by atoms with Crippen LogP contribution in [-0.2, 0) is 10.1 Å². The van der Waals surface area contributed by atoms with Crippen LogP contribution in [0.3, 0.4) is 0 Å². The van der Waals surface area contributed by atoms with Crippen LogP contribution >= 0.6 is 11.6 Å². The Balaban J connectivity index is 2.70. The molecule has 1 fully saturated rings. The Kier molecular flexibility index (Phi) is 2.78. The highest BCUT2D eigenvalue weighted by Gasteiger charge is 2.32. The van der Waals surface area contributed by atoms with Gasteiger partial charge in [0.25, 0.3) is 10.1 Å². The molecule has 0 spiro atoms. The van der Waals surface area contributed by atoms with Gasteiger partial charge in [-0.25, -0.2) is 0 Å². The number of hydrogen-bond acceptors (Lipinski definition) is 2. The lowest BCUT2D eigenvalue weighted by molar-refractivity contribution is 0.428. The second kappa shape index (κ2) is 3.29. The zero-order valence-corrected chi connectivity index (χ0v) is 7.61. The van der Waals surface area contributed by atoms with Crippen LogP contribution in [-0.4, -0.2) is 23.6 Å². The Morgan fingerprint density at radius 2 is 1.82 bits per heavy atom. The molecule has 0 bridgehead atoms. The molecule has 0 aromatic rings. The molecular formula is C6H11ClO3S. The second-order valence-corrected chi connectivity index (χ2v) is 5.05. The van der Waals surface area contributed by atoms with Crippen molar-refractivity contribution in [3.8, 4) is 0 Å². The third-order valence-corrected chi connectivity index (χ3v) is 4.01. The van der Waals surface area contributed by atoms with Crippen LogP contribution in [0.5, 0.6) is 0 Å². The minimum absolute atomic E-state index is 0.404. The Morgan fingerprint density at radius 1 is 1.27 bits per heavy atom. The van der Waals surface area contributed by atoms with Crippen LogP contribution in [0.15, 0.2) is 0 Å². The van der Waals surface area contributed by atoms with Crippen molar-refractivity contribution in [1.29, 1.82) is 0 Å². The number of hydrogen-bond donors (Lipinski definition) is 1. The van der Waals surface area contributed by atoms with E-state index in [1.165, 1.54) is 0 Å². The van der Waals surface area contributed by atoms with Crippen molar-refractivity contribution in [2.45, 2.75) is 36.3 Å². The van der Waals surface area contributed by atoms with Crippen molar-refractivity contribution >= 4 is 21.7 Å². The average Bonchev–Trinajstić information content (AvgIpc) is 1.86. The van der Waals surface area contributed by atoms with Gasteiger partial charge >= 0.3 is 0 Å². The molecule has 2 atom stereocenters. The van der Waals surface area contributed by atoms with Crippen molar-refractivity contribution in [2.24, 2.45) is 0 Å². The fraction of sp³-hybridized carbons (Fsp3) is 1.00. The van der Waals surface area contributed by atoms with Crippen LogP contribution in [0.25, 0.3) is 0 Å². The molecule has 0 aromatic carbocycles. The van der Waals surface area contributed by atoms with E-state index in [4.69, 9.17) is 16.2 Å². The standard InChI is InChI=1S/C6H11ClO3S/c7-5-3-1-2-4-6(5)11(8,9)10/h5-6H,1-4H2,(H,8,9,10)/t5-,6-/m1/s1. The largest absolute Gasteiger partial charge is 0.285 e. The number of halogens is 1. The summed E-state index contributed by atoms with van der Waals surface area (Å²) in [5.41, 5.74) is 0. The van der Waals surface area contributed by atoms with Crippen molar-refractivity contribution in [3.63, 3.8) is 0 Å². The van der Waals surface area contributed by atoms with Gasteiger partial charge < -0.3 is 0 Å². The Morgan fingerprint density at radius 3 is 2.18 bits per heavy atom. The smallest absolute Gasteiger partial charge is 0.269 e. The molecule has 1 aliphatic carbocycles. The van der Waals surface area contributed by atoms with Crippen molar-refractivity contribution in [2.75, 3.05) is 0 Å². The van der Waals surface area contributed by atoms with E-state index in [-0.39, 0.29) is 0 Å². The van der Waals surface area contributed by atoms with Crippen LogP contribution in [0.1, 0.15) is 25.7 Å². The molecule has 1 rings (SSSR count). The second-order valence-electron chi connectivity index (χ2n) is 2.85. The summed E-state index contributed by atoms with van der Waals surface area (Å²) < 4.78 is 30.0. The van der Waals surface area contributed by atoms with E-state index < -0.39 is 20.7 Å². The van der Waals surface area contributed by atoms with E-state index in [9.17, 15) is 8.42 Å². The number of alkyl halides is 1. The Labute approximate surface area is 71.5 Å². The summed E-state index contributed by atoms with van der Waals surface area (Å²) in [6.45, 7) is 0. The van der Waals surface area contributed by atoms with Gasteiger partial charge in [0.2, 0.25) is 0 Å². The van der Waals surface area contributed by atoms with Crippen LogP contribution in [0.2, 0.25) is 0 Å². The predicted molar refractivity (Wildman–Crippen MR) is 43.4 cm³/mol. The summed E-state index contributed by atoms with van der Waals surface area (Å²) in [6.07, 6.45) is 2.98. The van der Waals surface area contributed by atoms with Gasteiger partial charge in [0.1, 0.15) is 5.25 Å².